The zero-order chi connectivity index (χ0) is 19.3. The van der Waals surface area contributed by atoms with E-state index in [0.717, 1.165) is 22.6 Å². The van der Waals surface area contributed by atoms with Crippen molar-refractivity contribution in [2.24, 2.45) is 5.92 Å². The van der Waals surface area contributed by atoms with Crippen LogP contribution in [-0.4, -0.2) is 35.7 Å². The number of carbonyl (C=O) groups is 1. The van der Waals surface area contributed by atoms with Gasteiger partial charge in [-0.3, -0.25) is 9.69 Å². The lowest BCUT2D eigenvalue weighted by Crippen LogP contribution is -2.72. The Labute approximate surface area is 164 Å². The van der Waals surface area contributed by atoms with E-state index in [-0.39, 0.29) is 11.9 Å². The van der Waals surface area contributed by atoms with Gasteiger partial charge in [-0.05, 0) is 44.3 Å². The molecule has 1 amide bonds. The fourth-order valence-corrected chi connectivity index (χ4v) is 4.54. The van der Waals surface area contributed by atoms with Crippen LogP contribution in [0.25, 0.3) is 0 Å². The lowest BCUT2D eigenvalue weighted by Gasteiger charge is -2.56. The molecule has 27 heavy (non-hydrogen) atoms. The van der Waals surface area contributed by atoms with Crippen molar-refractivity contribution in [3.8, 4) is 5.75 Å². The Morgan fingerprint density at radius 2 is 1.93 bits per heavy atom. The van der Waals surface area contributed by atoms with Crippen LogP contribution < -0.4 is 15.0 Å². The zero-order valence-corrected chi connectivity index (χ0v) is 16.7. The van der Waals surface area contributed by atoms with Gasteiger partial charge in [-0.25, -0.2) is 0 Å². The number of thiocarbonyl (C=S) groups is 1. The van der Waals surface area contributed by atoms with E-state index in [1.807, 2.05) is 61.2 Å². The molecule has 0 radical (unpaired) electrons. The van der Waals surface area contributed by atoms with E-state index >= 15 is 0 Å². The molecule has 0 spiro atoms. The minimum Gasteiger partial charge on any atom is -0.467 e. The number of anilines is 1. The van der Waals surface area contributed by atoms with Crippen LogP contribution in [0.5, 0.6) is 5.75 Å². The molecule has 3 unspecified atom stereocenters. The van der Waals surface area contributed by atoms with Crippen molar-refractivity contribution in [2.75, 3.05) is 19.0 Å². The van der Waals surface area contributed by atoms with E-state index in [9.17, 15) is 4.79 Å². The van der Waals surface area contributed by atoms with Crippen LogP contribution in [0.4, 0.5) is 5.69 Å². The fraction of sp³-hybridized carbons (Fsp3) is 0.333. The molecule has 2 aliphatic heterocycles. The summed E-state index contributed by atoms with van der Waals surface area (Å²) in [4.78, 5) is 16.8. The molecule has 2 bridgehead atoms. The number of hydrogen-bond donors (Lipinski definition) is 1. The van der Waals surface area contributed by atoms with Gasteiger partial charge in [0.15, 0.2) is 10.8 Å². The third kappa shape index (κ3) is 2.67. The summed E-state index contributed by atoms with van der Waals surface area (Å²) in [5.41, 5.74) is 2.05. The van der Waals surface area contributed by atoms with Gasteiger partial charge in [-0.15, -0.1) is 0 Å². The van der Waals surface area contributed by atoms with Gasteiger partial charge >= 0.3 is 0 Å². The van der Waals surface area contributed by atoms with Crippen LogP contribution in [0.2, 0.25) is 0 Å². The summed E-state index contributed by atoms with van der Waals surface area (Å²) in [6.07, 6.45) is 0. The minimum absolute atomic E-state index is 0.00517. The number of aryl methyl sites for hydroxylation is 1. The number of nitrogens with one attached hydrogen (secondary N) is 1. The molecule has 6 heteroatoms. The second-order valence-electron chi connectivity index (χ2n) is 7.51. The molecule has 1 N–H and O–H groups in total. The van der Waals surface area contributed by atoms with Gasteiger partial charge in [-0.1, -0.05) is 35.9 Å². The van der Waals surface area contributed by atoms with E-state index in [4.69, 9.17) is 17.0 Å². The highest BCUT2D eigenvalue weighted by Crippen LogP contribution is 2.50. The Morgan fingerprint density at radius 1 is 1.22 bits per heavy atom. The minimum atomic E-state index is -0.933. The number of rotatable bonds is 2. The van der Waals surface area contributed by atoms with Crippen molar-refractivity contribution in [1.29, 1.82) is 0 Å². The molecule has 2 aromatic carbocycles. The monoisotopic (exact) mass is 381 g/mol. The van der Waals surface area contributed by atoms with Crippen LogP contribution in [0, 0.1) is 12.8 Å². The van der Waals surface area contributed by atoms with Gasteiger partial charge in [0.05, 0.1) is 6.04 Å². The highest BCUT2D eigenvalue weighted by Gasteiger charge is 2.59. The number of fused-ring (bicyclic) bond motifs is 4. The largest absolute Gasteiger partial charge is 0.467 e. The molecular formula is C21H23N3O2S. The highest BCUT2D eigenvalue weighted by atomic mass is 32.1. The molecule has 1 fully saturated rings. The standard InChI is InChI=1S/C21H23N3O2S/c1-13-10-11-16-15(12-13)18-17(19(25)23(3)4)21(2,26-16)24(20(27)22-18)14-8-6-5-7-9-14/h5-12,17-18H,1-4H3,(H,22,27). The molecule has 0 saturated carbocycles. The first kappa shape index (κ1) is 17.8. The predicted octanol–water partition coefficient (Wildman–Crippen LogP) is 3.24. The van der Waals surface area contributed by atoms with Crippen molar-refractivity contribution in [2.45, 2.75) is 25.6 Å². The average Bonchev–Trinajstić information content (AvgIpc) is 2.62. The highest BCUT2D eigenvalue weighted by molar-refractivity contribution is 7.80. The van der Waals surface area contributed by atoms with Crippen LogP contribution >= 0.6 is 12.2 Å². The van der Waals surface area contributed by atoms with Crippen LogP contribution in [0.15, 0.2) is 48.5 Å². The average molecular weight is 382 g/mol. The Kier molecular flexibility index (Phi) is 4.11. The Bertz CT molecular complexity index is 915. The first-order chi connectivity index (χ1) is 12.8. The first-order valence-corrected chi connectivity index (χ1v) is 9.40. The van der Waals surface area contributed by atoms with Crippen molar-refractivity contribution in [3.63, 3.8) is 0 Å². The second-order valence-corrected chi connectivity index (χ2v) is 7.89. The third-order valence-corrected chi connectivity index (χ3v) is 5.68. The third-order valence-electron chi connectivity index (χ3n) is 5.37. The topological polar surface area (TPSA) is 44.8 Å². The summed E-state index contributed by atoms with van der Waals surface area (Å²) in [7, 11) is 3.55. The molecule has 3 atom stereocenters. The van der Waals surface area contributed by atoms with Crippen molar-refractivity contribution in [1.82, 2.24) is 10.2 Å². The lowest BCUT2D eigenvalue weighted by molar-refractivity contribution is -0.144. The number of carbonyl (C=O) groups excluding carboxylic acids is 1. The Morgan fingerprint density at radius 3 is 2.59 bits per heavy atom. The van der Waals surface area contributed by atoms with Gasteiger partial charge in [0.2, 0.25) is 5.91 Å². The number of ether oxygens (including phenoxy) is 1. The van der Waals surface area contributed by atoms with E-state index in [2.05, 4.69) is 11.4 Å². The molecule has 0 aliphatic carbocycles. The first-order valence-electron chi connectivity index (χ1n) is 8.99. The number of para-hydroxylation sites is 1. The molecule has 2 aromatic rings. The summed E-state index contributed by atoms with van der Waals surface area (Å²) in [5.74, 6) is 0.339. The summed E-state index contributed by atoms with van der Waals surface area (Å²) >= 11 is 5.71. The summed E-state index contributed by atoms with van der Waals surface area (Å²) < 4.78 is 6.52. The van der Waals surface area contributed by atoms with Crippen LogP contribution in [0.1, 0.15) is 24.1 Å². The molecular weight excluding hydrogens is 358 g/mol. The van der Waals surface area contributed by atoms with Gasteiger partial charge in [0.25, 0.3) is 0 Å². The summed E-state index contributed by atoms with van der Waals surface area (Å²) in [5, 5.41) is 3.98. The van der Waals surface area contributed by atoms with Crippen molar-refractivity contribution in [3.05, 3.63) is 59.7 Å². The smallest absolute Gasteiger partial charge is 0.233 e. The van der Waals surface area contributed by atoms with Gasteiger partial charge < -0.3 is 15.0 Å². The quantitative estimate of drug-likeness (QED) is 0.809. The van der Waals surface area contributed by atoms with E-state index in [1.54, 1.807) is 19.0 Å². The maximum absolute atomic E-state index is 13.2. The summed E-state index contributed by atoms with van der Waals surface area (Å²) in [6, 6.07) is 15.7. The maximum atomic E-state index is 13.2. The molecule has 0 aromatic heterocycles. The van der Waals surface area contributed by atoms with Gasteiger partial charge in [0, 0.05) is 25.3 Å². The Balaban J connectivity index is 1.93. The maximum Gasteiger partial charge on any atom is 0.233 e. The number of amides is 1. The van der Waals surface area contributed by atoms with Crippen LogP contribution in [0.3, 0.4) is 0 Å². The van der Waals surface area contributed by atoms with Crippen molar-refractivity contribution < 1.29 is 9.53 Å². The molecule has 5 nitrogen and oxygen atoms in total. The molecule has 2 heterocycles. The molecule has 4 rings (SSSR count). The van der Waals surface area contributed by atoms with E-state index in [0.29, 0.717) is 5.11 Å². The zero-order valence-electron chi connectivity index (χ0n) is 15.9. The van der Waals surface area contributed by atoms with Crippen molar-refractivity contribution >= 4 is 28.9 Å². The second kappa shape index (κ2) is 6.23. The SMILES string of the molecule is Cc1ccc2c(c1)C1NC(=S)N(c3ccccc3)C(C)(O2)C1C(=O)N(C)C. The summed E-state index contributed by atoms with van der Waals surface area (Å²) in [6.45, 7) is 3.99. The molecule has 1 saturated heterocycles. The van der Waals surface area contributed by atoms with Crippen LogP contribution in [-0.2, 0) is 4.79 Å². The molecule has 140 valence electrons. The normalized spacial score (nSPS) is 25.9. The van der Waals surface area contributed by atoms with E-state index < -0.39 is 11.6 Å². The predicted molar refractivity (Wildman–Crippen MR) is 110 cm³/mol. The van der Waals surface area contributed by atoms with E-state index in [1.165, 1.54) is 0 Å². The van der Waals surface area contributed by atoms with Gasteiger partial charge in [0.1, 0.15) is 11.7 Å². The molecule has 2 aliphatic rings. The number of benzene rings is 2. The fourth-order valence-electron chi connectivity index (χ4n) is 4.12. The lowest BCUT2D eigenvalue weighted by atomic mass is 9.78. The number of nitrogens with zero attached hydrogens (tertiary/aromatic N) is 2. The van der Waals surface area contributed by atoms with Gasteiger partial charge in [-0.2, -0.15) is 0 Å². The Hall–Kier alpha value is -2.60. The number of hydrogen-bond acceptors (Lipinski definition) is 3.